The van der Waals surface area contributed by atoms with Crippen molar-refractivity contribution in [2.45, 2.75) is 30.7 Å². The summed E-state index contributed by atoms with van der Waals surface area (Å²) >= 11 is 5.85. The van der Waals surface area contributed by atoms with Crippen molar-refractivity contribution in [3.8, 4) is 5.75 Å². The Morgan fingerprint density at radius 2 is 1.95 bits per heavy atom. The quantitative estimate of drug-likeness (QED) is 0.423. The Kier molecular flexibility index (Phi) is 5.16. The maximum atomic E-state index is 10.6. The molecule has 0 radical (unpaired) electrons. The molecule has 1 fully saturated rings. The summed E-state index contributed by atoms with van der Waals surface area (Å²) in [6.45, 7) is -0.598. The van der Waals surface area contributed by atoms with Crippen LogP contribution in [0.1, 0.15) is 0 Å². The highest BCUT2D eigenvalue weighted by Crippen LogP contribution is 2.31. The van der Waals surface area contributed by atoms with Gasteiger partial charge < -0.3 is 29.9 Å². The van der Waals surface area contributed by atoms with Crippen molar-refractivity contribution in [1.29, 1.82) is 0 Å². The van der Waals surface area contributed by atoms with Gasteiger partial charge in [0.15, 0.2) is 0 Å². The van der Waals surface area contributed by atoms with Crippen molar-refractivity contribution in [2.75, 3.05) is 6.61 Å². The number of rotatable bonds is 4. The summed E-state index contributed by atoms with van der Waals surface area (Å²) in [6.07, 6.45) is -7.22. The molecule has 2 rings (SSSR count). The Morgan fingerprint density at radius 3 is 2.50 bits per heavy atom. The van der Waals surface area contributed by atoms with Crippen molar-refractivity contribution < 1.29 is 34.8 Å². The first-order valence-electron chi connectivity index (χ1n) is 6.26. The molecule has 0 aromatic heterocycles. The van der Waals surface area contributed by atoms with Crippen LogP contribution < -0.4 is 4.74 Å². The summed E-state index contributed by atoms with van der Waals surface area (Å²) in [6, 6.07) is 3.41. The van der Waals surface area contributed by atoms with Crippen molar-refractivity contribution in [1.82, 2.24) is 0 Å². The molecule has 1 saturated heterocycles. The van der Waals surface area contributed by atoms with Crippen LogP contribution in [-0.2, 0) is 4.74 Å². The van der Waals surface area contributed by atoms with Gasteiger partial charge in [0.1, 0.15) is 30.2 Å². The smallest absolute Gasteiger partial charge is 0.271 e. The van der Waals surface area contributed by atoms with Gasteiger partial charge in [-0.2, -0.15) is 0 Å². The summed E-state index contributed by atoms with van der Waals surface area (Å²) in [7, 11) is 0. The number of hydrogen-bond donors (Lipinski definition) is 4. The molecule has 122 valence electrons. The summed E-state index contributed by atoms with van der Waals surface area (Å²) in [5, 5.41) is 48.7. The van der Waals surface area contributed by atoms with E-state index >= 15 is 0 Å². The van der Waals surface area contributed by atoms with E-state index in [9.17, 15) is 25.4 Å². The minimum atomic E-state index is -1.59. The van der Waals surface area contributed by atoms with E-state index < -0.39 is 42.2 Å². The van der Waals surface area contributed by atoms with Gasteiger partial charge in [-0.05, 0) is 6.07 Å². The molecule has 0 unspecified atom stereocenters. The number of aliphatic hydroxyl groups excluding tert-OH is 4. The van der Waals surface area contributed by atoms with E-state index in [-0.39, 0.29) is 16.5 Å². The second kappa shape index (κ2) is 6.73. The monoisotopic (exact) mass is 335 g/mol. The highest BCUT2D eigenvalue weighted by atomic mass is 35.5. The maximum absolute atomic E-state index is 10.6. The van der Waals surface area contributed by atoms with Crippen LogP contribution in [0.4, 0.5) is 5.69 Å². The highest BCUT2D eigenvalue weighted by Gasteiger charge is 2.44. The van der Waals surface area contributed by atoms with Crippen molar-refractivity contribution >= 4 is 17.3 Å². The van der Waals surface area contributed by atoms with Gasteiger partial charge >= 0.3 is 0 Å². The van der Waals surface area contributed by atoms with E-state index in [1.807, 2.05) is 0 Å². The molecule has 1 aromatic carbocycles. The Morgan fingerprint density at radius 1 is 1.27 bits per heavy atom. The van der Waals surface area contributed by atoms with Crippen molar-refractivity contribution in [3.05, 3.63) is 33.3 Å². The molecule has 1 aliphatic rings. The molecule has 1 aliphatic heterocycles. The Labute approximate surface area is 129 Å². The molecule has 0 saturated carbocycles. The molecular formula is C12H14ClNO8. The fourth-order valence-electron chi connectivity index (χ4n) is 1.99. The summed E-state index contributed by atoms with van der Waals surface area (Å²) in [4.78, 5) is 9.98. The van der Waals surface area contributed by atoms with E-state index in [0.717, 1.165) is 12.1 Å². The van der Waals surface area contributed by atoms with Crippen molar-refractivity contribution in [3.63, 3.8) is 0 Å². The third-order valence-electron chi connectivity index (χ3n) is 3.22. The second-order valence-electron chi connectivity index (χ2n) is 4.69. The molecule has 0 spiro atoms. The molecule has 10 heteroatoms. The number of non-ortho nitro benzene ring substituents is 1. The average Bonchev–Trinajstić information content (AvgIpc) is 2.49. The van der Waals surface area contributed by atoms with Gasteiger partial charge in [0.2, 0.25) is 6.29 Å². The van der Waals surface area contributed by atoms with Gasteiger partial charge in [0.05, 0.1) is 16.6 Å². The SMILES string of the molecule is O=[N+]([O-])c1ccc(O[C@@H]2O[C@H](CO)[C@@H](O)[C@H](O)[C@@H]2O)c(Cl)c1. The third kappa shape index (κ3) is 3.29. The third-order valence-corrected chi connectivity index (χ3v) is 3.51. The summed E-state index contributed by atoms with van der Waals surface area (Å²) in [5.74, 6) is -0.0170. The van der Waals surface area contributed by atoms with Gasteiger partial charge in [-0.15, -0.1) is 0 Å². The lowest BCUT2D eigenvalue weighted by atomic mass is 9.99. The first kappa shape index (κ1) is 16.9. The van der Waals surface area contributed by atoms with Gasteiger partial charge in [-0.1, -0.05) is 11.6 Å². The number of nitrogens with zero attached hydrogens (tertiary/aromatic N) is 1. The minimum absolute atomic E-state index is 0.0170. The van der Waals surface area contributed by atoms with Crippen LogP contribution in [0.25, 0.3) is 0 Å². The van der Waals surface area contributed by atoms with Crippen LogP contribution in [0.15, 0.2) is 18.2 Å². The Hall–Kier alpha value is -1.49. The Bertz CT molecular complexity index is 554. The lowest BCUT2D eigenvalue weighted by Gasteiger charge is -2.39. The molecule has 1 aromatic rings. The molecule has 0 amide bonds. The van der Waals surface area contributed by atoms with Gasteiger partial charge in [-0.3, -0.25) is 10.1 Å². The second-order valence-corrected chi connectivity index (χ2v) is 5.09. The number of benzene rings is 1. The van der Waals surface area contributed by atoms with Gasteiger partial charge in [0, 0.05) is 12.1 Å². The lowest BCUT2D eigenvalue weighted by Crippen LogP contribution is -2.60. The molecule has 1 heterocycles. The van der Waals surface area contributed by atoms with E-state index in [1.54, 1.807) is 0 Å². The first-order valence-corrected chi connectivity index (χ1v) is 6.64. The van der Waals surface area contributed by atoms with E-state index in [0.29, 0.717) is 0 Å². The fraction of sp³-hybridized carbons (Fsp3) is 0.500. The first-order chi connectivity index (χ1) is 10.3. The van der Waals surface area contributed by atoms with E-state index in [2.05, 4.69) is 0 Å². The van der Waals surface area contributed by atoms with E-state index in [1.165, 1.54) is 6.07 Å². The molecule has 0 bridgehead atoms. The predicted molar refractivity (Wildman–Crippen MR) is 72.5 cm³/mol. The maximum Gasteiger partial charge on any atom is 0.271 e. The highest BCUT2D eigenvalue weighted by molar-refractivity contribution is 6.32. The summed E-state index contributed by atoms with van der Waals surface area (Å²) < 4.78 is 10.4. The number of halogens is 1. The molecule has 4 N–H and O–H groups in total. The number of aliphatic hydroxyl groups is 4. The van der Waals surface area contributed by atoms with Crippen LogP contribution in [-0.4, -0.2) is 62.7 Å². The van der Waals surface area contributed by atoms with E-state index in [4.69, 9.17) is 26.2 Å². The topological polar surface area (TPSA) is 143 Å². The molecular weight excluding hydrogens is 322 g/mol. The van der Waals surface area contributed by atoms with Crippen LogP contribution in [0.2, 0.25) is 5.02 Å². The van der Waals surface area contributed by atoms with Crippen LogP contribution >= 0.6 is 11.6 Å². The van der Waals surface area contributed by atoms with Gasteiger partial charge in [-0.25, -0.2) is 0 Å². The molecule has 22 heavy (non-hydrogen) atoms. The zero-order valence-corrected chi connectivity index (χ0v) is 11.8. The van der Waals surface area contributed by atoms with Crippen molar-refractivity contribution in [2.24, 2.45) is 0 Å². The van der Waals surface area contributed by atoms with Crippen LogP contribution in [0.5, 0.6) is 5.75 Å². The number of nitro groups is 1. The fourth-order valence-corrected chi connectivity index (χ4v) is 2.21. The zero-order valence-electron chi connectivity index (χ0n) is 11.1. The standard InChI is InChI=1S/C12H14ClNO8/c13-6-3-5(14(19)20)1-2-7(6)21-12-11(18)10(17)9(16)8(4-15)22-12/h1-3,8-12,15-18H,4H2/t8-,9-,10+,11+,12-/m1/s1. The van der Waals surface area contributed by atoms with Gasteiger partial charge in [0.25, 0.3) is 5.69 Å². The zero-order chi connectivity index (χ0) is 16.4. The van der Waals surface area contributed by atoms with Crippen LogP contribution in [0.3, 0.4) is 0 Å². The average molecular weight is 336 g/mol. The summed E-state index contributed by atoms with van der Waals surface area (Å²) in [5.41, 5.74) is -0.244. The Balaban J connectivity index is 2.17. The number of ether oxygens (including phenoxy) is 2. The largest absolute Gasteiger partial charge is 0.460 e. The predicted octanol–water partition coefficient (Wildman–Crippen LogP) is -0.573. The normalized spacial score (nSPS) is 31.8. The number of hydrogen-bond acceptors (Lipinski definition) is 8. The molecule has 9 nitrogen and oxygen atoms in total. The lowest BCUT2D eigenvalue weighted by molar-refractivity contribution is -0.384. The molecule has 0 aliphatic carbocycles. The minimum Gasteiger partial charge on any atom is -0.460 e. The number of nitro benzene ring substituents is 1. The van der Waals surface area contributed by atoms with Crippen LogP contribution in [0, 0.1) is 10.1 Å². The molecule has 5 atom stereocenters.